The van der Waals surface area contributed by atoms with Gasteiger partial charge in [-0.2, -0.15) is 0 Å². The van der Waals surface area contributed by atoms with Crippen molar-refractivity contribution < 1.29 is 14.3 Å². The molecule has 132 valence electrons. The largest absolute Gasteiger partial charge is 0.465 e. The van der Waals surface area contributed by atoms with Gasteiger partial charge in [-0.25, -0.2) is 4.98 Å². The molecule has 0 aliphatic carbocycles. The number of hydrogen-bond donors (Lipinski definition) is 2. The third-order valence-corrected chi connectivity index (χ3v) is 3.93. The second-order valence-electron chi connectivity index (χ2n) is 5.17. The van der Waals surface area contributed by atoms with Crippen molar-refractivity contribution in [2.45, 2.75) is 19.4 Å². The maximum Gasteiger partial charge on any atom is 0.323 e. The number of ether oxygens (including phenoxy) is 1. The van der Waals surface area contributed by atoms with E-state index >= 15 is 0 Å². The Morgan fingerprint density at radius 1 is 1.24 bits per heavy atom. The van der Waals surface area contributed by atoms with Gasteiger partial charge in [0.2, 0.25) is 0 Å². The lowest BCUT2D eigenvalue weighted by atomic mass is 10.1. The van der Waals surface area contributed by atoms with Gasteiger partial charge in [0.1, 0.15) is 11.9 Å². The monoisotopic (exact) mass is 381 g/mol. The minimum absolute atomic E-state index is 0.182. The van der Waals surface area contributed by atoms with Crippen LogP contribution in [0.25, 0.3) is 0 Å². The van der Waals surface area contributed by atoms with Gasteiger partial charge in [-0.3, -0.25) is 9.59 Å². The second-order valence-corrected chi connectivity index (χ2v) is 5.98. The van der Waals surface area contributed by atoms with Crippen molar-refractivity contribution in [1.29, 1.82) is 0 Å². The highest BCUT2D eigenvalue weighted by atomic mass is 35.5. The fourth-order valence-electron chi connectivity index (χ4n) is 2.10. The number of carbonyl (C=O) groups excluding carboxylic acids is 2. The molecule has 6 nitrogen and oxygen atoms in total. The van der Waals surface area contributed by atoms with E-state index in [4.69, 9.17) is 33.7 Å². The molecule has 25 heavy (non-hydrogen) atoms. The Balaban J connectivity index is 2.03. The molecule has 0 fully saturated rings. The maximum absolute atomic E-state index is 12.3. The molecule has 2 aromatic rings. The minimum atomic E-state index is -0.760. The van der Waals surface area contributed by atoms with Crippen LogP contribution < -0.4 is 11.1 Å². The first kappa shape index (κ1) is 19.2. The van der Waals surface area contributed by atoms with Crippen LogP contribution in [0.1, 0.15) is 22.8 Å². The standard InChI is InChI=1S/C17H17Cl2N3O3/c1-2-25-17(24)13(20)8-10-6-7-14(21-9-10)22-16(23)15-11(18)4-3-5-12(15)19/h3-7,9,13H,2,8,20H2,1H3,(H,21,22,23). The number of nitrogens with one attached hydrogen (secondary N) is 1. The first-order chi connectivity index (χ1) is 11.9. The zero-order chi connectivity index (χ0) is 18.4. The van der Waals surface area contributed by atoms with Crippen LogP contribution >= 0.6 is 23.2 Å². The van der Waals surface area contributed by atoms with Gasteiger partial charge < -0.3 is 15.8 Å². The Kier molecular flexibility index (Phi) is 6.75. The first-order valence-corrected chi connectivity index (χ1v) is 8.30. The van der Waals surface area contributed by atoms with E-state index in [1.807, 2.05) is 0 Å². The molecular weight excluding hydrogens is 365 g/mol. The fraction of sp³-hybridized carbons (Fsp3) is 0.235. The Morgan fingerprint density at radius 2 is 1.92 bits per heavy atom. The lowest BCUT2D eigenvalue weighted by Gasteiger charge is -2.11. The van der Waals surface area contributed by atoms with Gasteiger partial charge >= 0.3 is 5.97 Å². The molecule has 2 rings (SSSR count). The van der Waals surface area contributed by atoms with Crippen LogP contribution in [0.3, 0.4) is 0 Å². The number of rotatable bonds is 6. The number of nitrogens with zero attached hydrogens (tertiary/aromatic N) is 1. The van der Waals surface area contributed by atoms with Gasteiger partial charge in [-0.1, -0.05) is 35.3 Å². The van der Waals surface area contributed by atoms with Gasteiger partial charge in [0, 0.05) is 6.20 Å². The minimum Gasteiger partial charge on any atom is -0.465 e. The molecule has 3 N–H and O–H groups in total. The molecule has 0 saturated heterocycles. The molecular formula is C17H17Cl2N3O3. The number of esters is 1. The van der Waals surface area contributed by atoms with Gasteiger partial charge in [0.15, 0.2) is 0 Å². The summed E-state index contributed by atoms with van der Waals surface area (Å²) in [4.78, 5) is 27.9. The van der Waals surface area contributed by atoms with Gasteiger partial charge in [0.05, 0.1) is 22.2 Å². The van der Waals surface area contributed by atoms with Crippen molar-refractivity contribution in [1.82, 2.24) is 4.98 Å². The smallest absolute Gasteiger partial charge is 0.323 e. The number of hydrogen-bond acceptors (Lipinski definition) is 5. The quantitative estimate of drug-likeness (QED) is 0.749. The van der Waals surface area contributed by atoms with Crippen LogP contribution in [0.4, 0.5) is 5.82 Å². The fourth-order valence-corrected chi connectivity index (χ4v) is 2.67. The number of halogens is 2. The molecule has 1 aromatic heterocycles. The highest BCUT2D eigenvalue weighted by Crippen LogP contribution is 2.25. The number of pyridine rings is 1. The van der Waals surface area contributed by atoms with Crippen LogP contribution in [0, 0.1) is 0 Å². The van der Waals surface area contributed by atoms with Crippen molar-refractivity contribution in [2.24, 2.45) is 5.73 Å². The molecule has 0 aliphatic rings. The zero-order valence-electron chi connectivity index (χ0n) is 13.5. The van der Waals surface area contributed by atoms with E-state index in [0.29, 0.717) is 5.82 Å². The number of anilines is 1. The van der Waals surface area contributed by atoms with Crippen molar-refractivity contribution in [3.8, 4) is 0 Å². The van der Waals surface area contributed by atoms with E-state index in [0.717, 1.165) is 5.56 Å². The predicted molar refractivity (Wildman–Crippen MR) is 97.0 cm³/mol. The molecule has 1 amide bonds. The van der Waals surface area contributed by atoms with E-state index < -0.39 is 17.9 Å². The van der Waals surface area contributed by atoms with Crippen LogP contribution in [-0.2, 0) is 16.0 Å². The Morgan fingerprint density at radius 3 is 2.48 bits per heavy atom. The van der Waals surface area contributed by atoms with E-state index in [2.05, 4.69) is 10.3 Å². The average Bonchev–Trinajstić information content (AvgIpc) is 2.56. The highest BCUT2D eigenvalue weighted by Gasteiger charge is 2.17. The number of aromatic nitrogens is 1. The van der Waals surface area contributed by atoms with E-state index in [-0.39, 0.29) is 28.6 Å². The van der Waals surface area contributed by atoms with Crippen molar-refractivity contribution in [2.75, 3.05) is 11.9 Å². The van der Waals surface area contributed by atoms with Crippen molar-refractivity contribution >= 4 is 40.9 Å². The SMILES string of the molecule is CCOC(=O)C(N)Cc1ccc(NC(=O)c2c(Cl)cccc2Cl)nc1. The normalized spacial score (nSPS) is 11.7. The lowest BCUT2D eigenvalue weighted by Crippen LogP contribution is -2.34. The van der Waals surface area contributed by atoms with Crippen LogP contribution in [-0.4, -0.2) is 29.5 Å². The summed E-state index contributed by atoms with van der Waals surface area (Å²) < 4.78 is 4.86. The van der Waals surface area contributed by atoms with Crippen molar-refractivity contribution in [3.63, 3.8) is 0 Å². The van der Waals surface area contributed by atoms with Gasteiger partial charge in [-0.05, 0) is 37.1 Å². The molecule has 1 unspecified atom stereocenters. The number of carbonyl (C=O) groups is 2. The summed E-state index contributed by atoms with van der Waals surface area (Å²) in [6, 6.07) is 7.38. The van der Waals surface area contributed by atoms with Gasteiger partial charge in [0.25, 0.3) is 5.91 Å². The molecule has 0 radical (unpaired) electrons. The van der Waals surface area contributed by atoms with Crippen LogP contribution in [0.2, 0.25) is 10.0 Å². The van der Waals surface area contributed by atoms with E-state index in [1.165, 1.54) is 6.20 Å². The average molecular weight is 382 g/mol. The van der Waals surface area contributed by atoms with Crippen LogP contribution in [0.5, 0.6) is 0 Å². The Bertz CT molecular complexity index is 746. The zero-order valence-corrected chi connectivity index (χ0v) is 15.0. The molecule has 1 heterocycles. The summed E-state index contributed by atoms with van der Waals surface area (Å²) in [5, 5.41) is 3.13. The predicted octanol–water partition coefficient (Wildman–Crippen LogP) is 3.07. The van der Waals surface area contributed by atoms with Crippen molar-refractivity contribution in [3.05, 3.63) is 57.7 Å². The molecule has 0 spiro atoms. The second kappa shape index (κ2) is 8.80. The van der Waals surface area contributed by atoms with E-state index in [9.17, 15) is 9.59 Å². The first-order valence-electron chi connectivity index (χ1n) is 7.55. The molecule has 0 aliphatic heterocycles. The molecule has 1 atom stereocenters. The summed E-state index contributed by atoms with van der Waals surface area (Å²) in [5.41, 5.74) is 6.69. The lowest BCUT2D eigenvalue weighted by molar-refractivity contribution is -0.144. The number of amides is 1. The van der Waals surface area contributed by atoms with E-state index in [1.54, 1.807) is 37.3 Å². The number of nitrogens with two attached hydrogens (primary N) is 1. The van der Waals surface area contributed by atoms with Gasteiger partial charge in [-0.15, -0.1) is 0 Å². The third kappa shape index (κ3) is 5.16. The highest BCUT2D eigenvalue weighted by molar-refractivity contribution is 6.40. The molecule has 1 aromatic carbocycles. The summed E-state index contributed by atoms with van der Waals surface area (Å²) in [6.45, 7) is 2.00. The Hall–Kier alpha value is -2.15. The number of benzene rings is 1. The molecule has 8 heteroatoms. The third-order valence-electron chi connectivity index (χ3n) is 3.30. The molecule has 0 bridgehead atoms. The Labute approximate surface area is 155 Å². The summed E-state index contributed by atoms with van der Waals surface area (Å²) >= 11 is 12.0. The summed E-state index contributed by atoms with van der Waals surface area (Å²) in [7, 11) is 0. The summed E-state index contributed by atoms with van der Waals surface area (Å²) in [6.07, 6.45) is 1.82. The van der Waals surface area contributed by atoms with Crippen LogP contribution in [0.15, 0.2) is 36.5 Å². The topological polar surface area (TPSA) is 94.3 Å². The molecule has 0 saturated carbocycles. The maximum atomic E-state index is 12.3. The summed E-state index contributed by atoms with van der Waals surface area (Å²) in [5.74, 6) is -0.596.